The van der Waals surface area contributed by atoms with Crippen LogP contribution in [0, 0.1) is 23.7 Å². The molecule has 0 saturated carbocycles. The van der Waals surface area contributed by atoms with Crippen molar-refractivity contribution >= 4 is 29.6 Å². The summed E-state index contributed by atoms with van der Waals surface area (Å²) in [6, 6.07) is 46.1. The Morgan fingerprint density at radius 1 is 0.368 bits per heavy atom. The smallest absolute Gasteiger partial charge is 0.337 e. The highest BCUT2D eigenvalue weighted by atomic mass is 16.5. The van der Waals surface area contributed by atoms with E-state index in [9.17, 15) is 44.4 Å². The van der Waals surface area contributed by atoms with Gasteiger partial charge in [-0.05, 0) is 218 Å². The number of hydrogen-bond acceptors (Lipinski definition) is 20. The molecule has 0 aromatic heterocycles. The number of carbonyl (C=O) groups is 5. The van der Waals surface area contributed by atoms with Gasteiger partial charge in [-0.1, -0.05) is 115 Å². The number of hydrogen-bond donors (Lipinski definition) is 8. The van der Waals surface area contributed by atoms with Gasteiger partial charge in [-0.3, -0.25) is 19.2 Å². The van der Waals surface area contributed by atoms with Crippen LogP contribution in [0.25, 0.3) is 0 Å². The maximum absolute atomic E-state index is 13.2. The minimum Gasteiger partial charge on any atom is -0.504 e. The Bertz CT molecular complexity index is 5880. The van der Waals surface area contributed by atoms with Crippen LogP contribution >= 0.6 is 0 Å². The minimum absolute atomic E-state index is 0.0380. The van der Waals surface area contributed by atoms with Crippen molar-refractivity contribution in [3.63, 3.8) is 0 Å². The van der Waals surface area contributed by atoms with Gasteiger partial charge in [-0.25, -0.2) is 4.79 Å². The van der Waals surface area contributed by atoms with Gasteiger partial charge in [0.25, 0.3) is 17.7 Å². The molecule has 8 heterocycles. The summed E-state index contributed by atoms with van der Waals surface area (Å²) >= 11 is 0. The first-order chi connectivity index (χ1) is 60.6. The number of aromatic hydroxyl groups is 4. The van der Waals surface area contributed by atoms with Crippen LogP contribution in [0.15, 0.2) is 200 Å². The van der Waals surface area contributed by atoms with Crippen molar-refractivity contribution in [1.82, 2.24) is 40.9 Å². The molecule has 20 unspecified atom stereocenters. The number of benzene rings is 8. The summed E-state index contributed by atoms with van der Waals surface area (Å²) in [6.45, 7) is 3.88. The van der Waals surface area contributed by atoms with Gasteiger partial charge in [0.2, 0.25) is 5.91 Å². The fourth-order valence-corrected chi connectivity index (χ4v) is 25.7. The fraction of sp³-hybridized carbons (Fsp3) is 0.396. The molecule has 4 fully saturated rings. The third-order valence-electron chi connectivity index (χ3n) is 31.4. The number of piperidine rings is 4. The summed E-state index contributed by atoms with van der Waals surface area (Å²) in [6.07, 6.45) is 24.3. The lowest BCUT2D eigenvalue weighted by molar-refractivity contribution is -0.122. The number of nitrogens with zero attached hydrogens (tertiary/aromatic N) is 4. The van der Waals surface area contributed by atoms with Crippen LogP contribution < -0.4 is 49.7 Å². The van der Waals surface area contributed by atoms with Crippen molar-refractivity contribution in [3.8, 4) is 57.5 Å². The molecule has 8 aromatic carbocycles. The van der Waals surface area contributed by atoms with Gasteiger partial charge in [0.1, 0.15) is 35.9 Å². The zero-order valence-corrected chi connectivity index (χ0v) is 71.0. The molecule has 24 heteroatoms. The summed E-state index contributed by atoms with van der Waals surface area (Å²) in [5, 5.41) is 55.1. The van der Waals surface area contributed by atoms with Crippen LogP contribution in [0.2, 0.25) is 0 Å². The molecule has 8 bridgehead atoms. The number of phenols is 4. The molecule has 24 rings (SSSR count). The number of phenolic OH excluding ortho intramolecular Hbond substituents is 4. The highest BCUT2D eigenvalue weighted by Crippen LogP contribution is 2.67. The third-order valence-corrected chi connectivity index (χ3v) is 31.4. The normalized spacial score (nSPS) is 32.0. The Morgan fingerprint density at radius 2 is 0.696 bits per heavy atom. The molecule has 16 aliphatic rings. The Hall–Kier alpha value is -12.1. The second kappa shape index (κ2) is 30.4. The van der Waals surface area contributed by atoms with Crippen molar-refractivity contribution in [2.24, 2.45) is 23.7 Å². The second-order valence-corrected chi connectivity index (χ2v) is 37.0. The van der Waals surface area contributed by atoms with E-state index < -0.39 is 5.97 Å². The molecule has 644 valence electrons. The molecule has 8 aromatic rings. The lowest BCUT2D eigenvalue weighted by Crippen LogP contribution is -2.66. The first-order valence-corrected chi connectivity index (χ1v) is 43.9. The first-order valence-electron chi connectivity index (χ1n) is 43.9. The molecule has 125 heavy (non-hydrogen) atoms. The van der Waals surface area contributed by atoms with Gasteiger partial charge in [-0.15, -0.1) is 0 Å². The quantitative estimate of drug-likeness (QED) is 0.0417. The SMILES string of the molecule is CN1CCC23c4c5ccc(O)c4OC2C(NC(=O)c2ccccc2)C=CC3C1C5.COC(=O)c1cccc(C(=O)NC2C=CC3C4Cc5ccc(O)c6c5C3(CCN4C)C2O6)c1.COc1ccc(CC(=O)NC2C=CC3C4Cc5ccc(O)c6c5C3(CCN4C)C2O6)cc1.COc1cccc(C(=O)NC2C=CC3C4Cc5ccc(O)c6c5C3(CCN4C)C2O6)c1. The van der Waals surface area contributed by atoms with Gasteiger partial charge >= 0.3 is 5.97 Å². The summed E-state index contributed by atoms with van der Waals surface area (Å²) in [4.78, 5) is 73.7. The molecule has 4 saturated heterocycles. The lowest BCUT2D eigenvalue weighted by atomic mass is 9.53. The topological polar surface area (TPSA) is 292 Å². The fourth-order valence-electron chi connectivity index (χ4n) is 25.7. The molecular formula is C101H104N8O16. The van der Waals surface area contributed by atoms with Crippen LogP contribution in [-0.4, -0.2) is 218 Å². The number of rotatable bonds is 12. The van der Waals surface area contributed by atoms with Crippen LogP contribution in [-0.2, 0) is 63.3 Å². The zero-order valence-electron chi connectivity index (χ0n) is 71.0. The van der Waals surface area contributed by atoms with Gasteiger partial charge in [0.05, 0.1) is 57.5 Å². The molecule has 8 aliphatic carbocycles. The molecular weight excluding hydrogens is 1580 g/mol. The average Bonchev–Trinajstić information content (AvgIpc) is 1.59. The summed E-state index contributed by atoms with van der Waals surface area (Å²) in [7, 11) is 13.3. The predicted molar refractivity (Wildman–Crippen MR) is 466 cm³/mol. The lowest BCUT2D eigenvalue weighted by Gasteiger charge is -2.57. The van der Waals surface area contributed by atoms with E-state index >= 15 is 0 Å². The highest BCUT2D eigenvalue weighted by Gasteiger charge is 2.69. The van der Waals surface area contributed by atoms with E-state index in [0.29, 0.717) is 99.3 Å². The van der Waals surface area contributed by atoms with Gasteiger partial charge in [0.15, 0.2) is 46.0 Å². The van der Waals surface area contributed by atoms with Crippen LogP contribution in [0.4, 0.5) is 0 Å². The van der Waals surface area contributed by atoms with E-state index in [1.807, 2.05) is 84.9 Å². The highest BCUT2D eigenvalue weighted by molar-refractivity contribution is 5.99. The van der Waals surface area contributed by atoms with Crippen LogP contribution in [0.3, 0.4) is 0 Å². The van der Waals surface area contributed by atoms with E-state index in [1.165, 1.54) is 46.6 Å². The van der Waals surface area contributed by atoms with Gasteiger partial charge in [-0.2, -0.15) is 0 Å². The molecule has 4 spiro atoms. The molecule has 8 aliphatic heterocycles. The maximum atomic E-state index is 13.2. The standard InChI is InChI=1S/C26H26N2O5.C26H28N2O4.C25H26N2O4.C24H24N2O3/c1-28-11-10-26-17-7-8-18(27-24(30)15-4-3-5-16(12-15)25(31)32-2)23(26)33-22-20(29)9-6-14(21(22)26)13-19(17)28;1-28-12-11-26-18-8-9-19(27-22(30)13-15-3-6-17(31-2)7-4-15)25(26)32-24-21(29)10-5-16(23(24)26)14-20(18)28;1-27-11-10-25-17-7-8-18(26-24(29)15-4-3-5-16(12-15)30-2)23(25)31-22-20(28)9-6-14(21(22)25)13-19(17)27;1-26-12-11-24-16-8-9-17(25-23(28)14-5-3-2-4-6-14)22(24)29-21-19(27)10-7-15(20(21)24)13-18(16)26/h3-9,12,17-19,23,29H,10-11,13H2,1-2H3,(H,27,30);3-10,18-20,25,29H,11-14H2,1-2H3,(H,27,30);3-9,12,17-19,23,28H,10-11,13H2,1-2H3,(H,26,29);2-10,16-18,22,27H,11-13H2,1H3,(H,25,28). The Balaban J connectivity index is 0.000000102. The number of likely N-dealkylation sites (tertiary alicyclic amines) is 4. The minimum atomic E-state index is -0.485. The molecule has 4 amide bonds. The zero-order chi connectivity index (χ0) is 86.0. The largest absolute Gasteiger partial charge is 0.504 e. The number of esters is 1. The summed E-state index contributed by atoms with van der Waals surface area (Å²) in [5.41, 5.74) is 11.6. The molecule has 24 nitrogen and oxygen atoms in total. The van der Waals surface area contributed by atoms with E-state index in [1.54, 1.807) is 68.8 Å². The number of amides is 4. The van der Waals surface area contributed by atoms with Gasteiger partial charge < -0.3 is 94.5 Å². The average molecular weight is 1690 g/mol. The van der Waals surface area contributed by atoms with Crippen LogP contribution in [0.1, 0.15) is 117 Å². The monoisotopic (exact) mass is 1680 g/mol. The van der Waals surface area contributed by atoms with E-state index in [2.05, 4.69) is 124 Å². The molecule has 8 N–H and O–H groups in total. The van der Waals surface area contributed by atoms with E-state index in [-0.39, 0.29) is 123 Å². The number of ether oxygens (including phenoxy) is 7. The summed E-state index contributed by atoms with van der Waals surface area (Å²) in [5.74, 6) is 4.75. The molecule has 0 radical (unpaired) electrons. The Morgan fingerprint density at radius 3 is 1.06 bits per heavy atom. The van der Waals surface area contributed by atoms with Crippen molar-refractivity contribution < 1.29 is 77.6 Å². The van der Waals surface area contributed by atoms with Gasteiger partial charge in [0, 0.05) is 108 Å². The molecule has 20 atom stereocenters. The van der Waals surface area contributed by atoms with Crippen LogP contribution in [0.5, 0.6) is 57.5 Å². The first kappa shape index (κ1) is 80.0. The third kappa shape index (κ3) is 12.3. The number of carbonyl (C=O) groups excluding carboxylic acids is 5. The number of methoxy groups -OCH3 is 3. The van der Waals surface area contributed by atoms with E-state index in [4.69, 9.17) is 33.2 Å². The van der Waals surface area contributed by atoms with Crippen molar-refractivity contribution in [1.29, 1.82) is 0 Å². The Labute approximate surface area is 725 Å². The second-order valence-electron chi connectivity index (χ2n) is 37.0. The Kier molecular flexibility index (Phi) is 19.4. The number of likely N-dealkylation sites (N-methyl/N-ethyl adjacent to an activating group) is 4. The van der Waals surface area contributed by atoms with Crippen molar-refractivity contribution in [3.05, 3.63) is 273 Å². The number of nitrogens with one attached hydrogen (secondary N) is 4. The maximum Gasteiger partial charge on any atom is 0.337 e. The van der Waals surface area contributed by atoms with E-state index in [0.717, 1.165) is 100.0 Å². The van der Waals surface area contributed by atoms with Crippen molar-refractivity contribution in [2.45, 2.75) is 152 Å². The summed E-state index contributed by atoms with van der Waals surface area (Å²) < 4.78 is 41.1. The van der Waals surface area contributed by atoms with Crippen molar-refractivity contribution in [2.75, 3.05) is 75.7 Å². The predicted octanol–water partition coefficient (Wildman–Crippen LogP) is 10.3.